The van der Waals surface area contributed by atoms with Gasteiger partial charge in [0, 0.05) is 48.7 Å². The van der Waals surface area contributed by atoms with Gasteiger partial charge < -0.3 is 9.80 Å². The first-order valence-corrected chi connectivity index (χ1v) is 11.2. The van der Waals surface area contributed by atoms with Crippen molar-refractivity contribution in [2.45, 2.75) is 52.9 Å². The maximum atomic E-state index is 13.0. The van der Waals surface area contributed by atoms with E-state index in [1.54, 1.807) is 11.3 Å². The molecule has 1 aliphatic carbocycles. The lowest BCUT2D eigenvalue weighted by molar-refractivity contribution is 0.0751. The minimum atomic E-state index is 0.202. The molecule has 0 N–H and O–H groups in total. The van der Waals surface area contributed by atoms with Crippen molar-refractivity contribution in [3.63, 3.8) is 0 Å². The Bertz CT molecular complexity index is 867. The molecule has 6 heteroatoms. The summed E-state index contributed by atoms with van der Waals surface area (Å²) in [5, 5.41) is 0. The molecule has 1 atom stereocenters. The molecule has 1 aliphatic heterocycles. The monoisotopic (exact) mass is 398 g/mol. The summed E-state index contributed by atoms with van der Waals surface area (Å²) in [6.45, 7) is 11.7. The third-order valence-electron chi connectivity index (χ3n) is 5.81. The number of piperazine rings is 1. The van der Waals surface area contributed by atoms with E-state index in [0.717, 1.165) is 67.2 Å². The highest BCUT2D eigenvalue weighted by atomic mass is 32.1. The highest BCUT2D eigenvalue weighted by Gasteiger charge is 2.27. The second-order valence-electron chi connectivity index (χ2n) is 8.57. The molecule has 3 heterocycles. The summed E-state index contributed by atoms with van der Waals surface area (Å²) in [5.41, 5.74) is 2.41. The fraction of sp³-hybridized carbons (Fsp3) is 0.591. The van der Waals surface area contributed by atoms with Crippen LogP contribution in [0.5, 0.6) is 0 Å². The van der Waals surface area contributed by atoms with E-state index in [2.05, 4.69) is 42.8 Å². The van der Waals surface area contributed by atoms with E-state index in [4.69, 9.17) is 4.98 Å². The van der Waals surface area contributed by atoms with E-state index in [-0.39, 0.29) is 5.91 Å². The lowest BCUT2D eigenvalue weighted by atomic mass is 9.90. The number of nitrogens with zero attached hydrogens (tertiary/aromatic N) is 4. The second-order valence-corrected chi connectivity index (χ2v) is 9.70. The van der Waals surface area contributed by atoms with Crippen LogP contribution in [0.2, 0.25) is 0 Å². The van der Waals surface area contributed by atoms with Crippen molar-refractivity contribution in [2.24, 2.45) is 5.92 Å². The summed E-state index contributed by atoms with van der Waals surface area (Å²) in [5.74, 6) is 3.14. The third kappa shape index (κ3) is 3.93. The molecule has 0 spiro atoms. The Labute approximate surface area is 171 Å². The number of rotatable bonds is 3. The third-order valence-corrected chi connectivity index (χ3v) is 7.03. The van der Waals surface area contributed by atoms with Gasteiger partial charge in [0.2, 0.25) is 0 Å². The van der Waals surface area contributed by atoms with Crippen LogP contribution in [0.25, 0.3) is 0 Å². The van der Waals surface area contributed by atoms with Crippen LogP contribution in [0, 0.1) is 12.8 Å². The number of hydrogen-bond acceptors (Lipinski definition) is 5. The summed E-state index contributed by atoms with van der Waals surface area (Å²) < 4.78 is 0. The Kier molecular flexibility index (Phi) is 5.41. The number of amides is 1. The zero-order chi connectivity index (χ0) is 19.8. The smallest absolute Gasteiger partial charge is 0.264 e. The SMILES string of the molecule is Cc1cc(N2CCN(C(=O)c3cc4c(s3)CCC(C)C4)CC2)nc(C(C)C)n1. The first-order valence-electron chi connectivity index (χ1n) is 10.4. The van der Waals surface area contributed by atoms with E-state index >= 15 is 0 Å². The standard InChI is InChI=1S/C22H30N4OS/c1-14(2)21-23-16(4)12-20(24-21)25-7-9-26(10-8-25)22(27)19-13-17-11-15(3)5-6-18(17)28-19/h12-15H,5-11H2,1-4H3. The number of aryl methyl sites for hydroxylation is 2. The minimum absolute atomic E-state index is 0.202. The number of aromatic nitrogens is 2. The average Bonchev–Trinajstić information content (AvgIpc) is 3.10. The van der Waals surface area contributed by atoms with Gasteiger partial charge in [0.15, 0.2) is 0 Å². The highest BCUT2D eigenvalue weighted by molar-refractivity contribution is 7.14. The van der Waals surface area contributed by atoms with Crippen molar-refractivity contribution in [3.05, 3.63) is 39.0 Å². The number of hydrogen-bond donors (Lipinski definition) is 0. The molecule has 2 aromatic rings. The molecule has 1 saturated heterocycles. The maximum absolute atomic E-state index is 13.0. The fourth-order valence-corrected chi connectivity index (χ4v) is 5.28. The van der Waals surface area contributed by atoms with Crippen LogP contribution in [-0.4, -0.2) is 47.0 Å². The van der Waals surface area contributed by atoms with Gasteiger partial charge in [0.25, 0.3) is 5.91 Å². The fourth-order valence-electron chi connectivity index (χ4n) is 4.10. The normalized spacial score (nSPS) is 19.8. The molecule has 0 saturated carbocycles. The van der Waals surface area contributed by atoms with E-state index in [1.807, 2.05) is 11.8 Å². The molecule has 4 rings (SSSR count). The molecule has 0 aromatic carbocycles. The summed E-state index contributed by atoms with van der Waals surface area (Å²) in [4.78, 5) is 29.0. The molecule has 1 unspecified atom stereocenters. The van der Waals surface area contributed by atoms with Crippen molar-refractivity contribution in [1.29, 1.82) is 0 Å². The predicted octanol–water partition coefficient (Wildman–Crippen LogP) is 4.06. The minimum Gasteiger partial charge on any atom is -0.353 e. The number of fused-ring (bicyclic) bond motifs is 1. The van der Waals surface area contributed by atoms with Gasteiger partial charge in [-0.15, -0.1) is 11.3 Å². The van der Waals surface area contributed by atoms with E-state index in [1.165, 1.54) is 16.9 Å². The first-order chi connectivity index (χ1) is 13.4. The number of anilines is 1. The maximum Gasteiger partial charge on any atom is 0.264 e. The van der Waals surface area contributed by atoms with Crippen molar-refractivity contribution < 1.29 is 4.79 Å². The van der Waals surface area contributed by atoms with Crippen LogP contribution in [0.15, 0.2) is 12.1 Å². The quantitative estimate of drug-likeness (QED) is 0.782. The number of carbonyl (C=O) groups excluding carboxylic acids is 1. The summed E-state index contributed by atoms with van der Waals surface area (Å²) in [7, 11) is 0. The van der Waals surface area contributed by atoms with Crippen molar-refractivity contribution >= 4 is 23.1 Å². The molecule has 0 radical (unpaired) electrons. The highest BCUT2D eigenvalue weighted by Crippen LogP contribution is 2.33. The van der Waals surface area contributed by atoms with Gasteiger partial charge in [0.05, 0.1) is 4.88 Å². The molecule has 1 amide bonds. The zero-order valence-electron chi connectivity index (χ0n) is 17.4. The van der Waals surface area contributed by atoms with Gasteiger partial charge in [-0.1, -0.05) is 20.8 Å². The van der Waals surface area contributed by atoms with Gasteiger partial charge in [-0.2, -0.15) is 0 Å². The van der Waals surface area contributed by atoms with Gasteiger partial charge in [0.1, 0.15) is 11.6 Å². The zero-order valence-corrected chi connectivity index (χ0v) is 18.2. The number of thiophene rings is 1. The Morgan fingerprint density at radius 2 is 1.93 bits per heavy atom. The Morgan fingerprint density at radius 1 is 1.18 bits per heavy atom. The lowest BCUT2D eigenvalue weighted by Crippen LogP contribution is -2.49. The summed E-state index contributed by atoms with van der Waals surface area (Å²) in [6.07, 6.45) is 3.50. The Balaban J connectivity index is 1.42. The summed E-state index contributed by atoms with van der Waals surface area (Å²) in [6, 6.07) is 4.21. The van der Waals surface area contributed by atoms with Crippen LogP contribution in [0.3, 0.4) is 0 Å². The Hall–Kier alpha value is -1.95. The molecule has 0 bridgehead atoms. The van der Waals surface area contributed by atoms with Gasteiger partial charge in [-0.3, -0.25) is 4.79 Å². The van der Waals surface area contributed by atoms with Crippen LogP contribution in [0.4, 0.5) is 5.82 Å². The number of carbonyl (C=O) groups is 1. The summed E-state index contributed by atoms with van der Waals surface area (Å²) >= 11 is 1.72. The molecule has 2 aliphatic rings. The van der Waals surface area contributed by atoms with E-state index in [9.17, 15) is 4.79 Å². The van der Waals surface area contributed by atoms with Crippen molar-refractivity contribution in [3.8, 4) is 0 Å². The van der Waals surface area contributed by atoms with Crippen LogP contribution < -0.4 is 4.90 Å². The van der Waals surface area contributed by atoms with Gasteiger partial charge in [-0.25, -0.2) is 9.97 Å². The molecule has 2 aromatic heterocycles. The molecule has 150 valence electrons. The second kappa shape index (κ2) is 7.82. The molecular formula is C22H30N4OS. The van der Waals surface area contributed by atoms with E-state index < -0.39 is 0 Å². The van der Waals surface area contributed by atoms with Gasteiger partial charge >= 0.3 is 0 Å². The van der Waals surface area contributed by atoms with Crippen LogP contribution in [-0.2, 0) is 12.8 Å². The molecule has 28 heavy (non-hydrogen) atoms. The average molecular weight is 399 g/mol. The molecule has 1 fully saturated rings. The molecule has 5 nitrogen and oxygen atoms in total. The lowest BCUT2D eigenvalue weighted by Gasteiger charge is -2.35. The predicted molar refractivity (Wildman–Crippen MR) is 114 cm³/mol. The largest absolute Gasteiger partial charge is 0.353 e. The van der Waals surface area contributed by atoms with Crippen LogP contribution in [0.1, 0.15) is 64.7 Å². The van der Waals surface area contributed by atoms with Crippen LogP contribution >= 0.6 is 11.3 Å². The topological polar surface area (TPSA) is 49.3 Å². The van der Waals surface area contributed by atoms with E-state index in [0.29, 0.717) is 5.92 Å². The Morgan fingerprint density at radius 3 is 2.64 bits per heavy atom. The molecular weight excluding hydrogens is 368 g/mol. The van der Waals surface area contributed by atoms with Gasteiger partial charge in [-0.05, 0) is 43.7 Å². The van der Waals surface area contributed by atoms with Crippen molar-refractivity contribution in [2.75, 3.05) is 31.1 Å². The van der Waals surface area contributed by atoms with Crippen molar-refractivity contribution in [1.82, 2.24) is 14.9 Å². The first kappa shape index (κ1) is 19.4.